The van der Waals surface area contributed by atoms with E-state index in [-0.39, 0.29) is 5.41 Å². The molecular formula is C53H30O. The van der Waals surface area contributed by atoms with E-state index in [1.807, 2.05) is 0 Å². The van der Waals surface area contributed by atoms with Gasteiger partial charge in [0.05, 0.1) is 5.41 Å². The summed E-state index contributed by atoms with van der Waals surface area (Å²) in [6.07, 6.45) is 0. The lowest BCUT2D eigenvalue weighted by atomic mass is 9.70. The van der Waals surface area contributed by atoms with E-state index < -0.39 is 0 Å². The van der Waals surface area contributed by atoms with Gasteiger partial charge in [-0.1, -0.05) is 158 Å². The van der Waals surface area contributed by atoms with Gasteiger partial charge in [0, 0.05) is 10.8 Å². The summed E-state index contributed by atoms with van der Waals surface area (Å²) in [5.74, 6) is 0. The number of hydrogen-bond acceptors (Lipinski definition) is 1. The van der Waals surface area contributed by atoms with Gasteiger partial charge in [-0.15, -0.1) is 0 Å². The molecule has 3 aliphatic carbocycles. The minimum absolute atomic E-state index is 0.371. The van der Waals surface area contributed by atoms with Crippen LogP contribution in [-0.4, -0.2) is 0 Å². The van der Waals surface area contributed by atoms with Crippen LogP contribution in [0.5, 0.6) is 0 Å². The van der Waals surface area contributed by atoms with E-state index >= 15 is 0 Å². The normalized spacial score (nSPS) is 13.7. The van der Waals surface area contributed by atoms with Crippen molar-refractivity contribution in [2.24, 2.45) is 0 Å². The summed E-state index contributed by atoms with van der Waals surface area (Å²) in [5, 5.41) is 4.92. The molecule has 1 heterocycles. The molecule has 0 saturated carbocycles. The number of furan rings is 1. The average Bonchev–Trinajstić information content (AvgIpc) is 3.95. The maximum atomic E-state index is 6.60. The Hall–Kier alpha value is -6.96. The predicted octanol–water partition coefficient (Wildman–Crippen LogP) is 14.1. The fraction of sp³-hybridized carbons (Fsp3) is 0.0189. The number of hydrogen-bond donors (Lipinski definition) is 0. The third kappa shape index (κ3) is 3.41. The Kier molecular flexibility index (Phi) is 5.36. The Bertz CT molecular complexity index is 3190. The van der Waals surface area contributed by atoms with E-state index in [1.54, 1.807) is 0 Å². The van der Waals surface area contributed by atoms with Gasteiger partial charge in [0.1, 0.15) is 11.2 Å². The summed E-state index contributed by atoms with van der Waals surface area (Å²) in [6, 6.07) is 67.6. The van der Waals surface area contributed by atoms with Crippen molar-refractivity contribution >= 4 is 32.7 Å². The summed E-state index contributed by atoms with van der Waals surface area (Å²) in [4.78, 5) is 0. The second-order valence-electron chi connectivity index (χ2n) is 15.1. The second kappa shape index (κ2) is 10.1. The summed E-state index contributed by atoms with van der Waals surface area (Å²) in [6.45, 7) is 0. The molecule has 3 aliphatic rings. The Morgan fingerprint density at radius 2 is 0.759 bits per heavy atom. The van der Waals surface area contributed by atoms with Gasteiger partial charge in [-0.2, -0.15) is 0 Å². The zero-order valence-electron chi connectivity index (χ0n) is 29.2. The van der Waals surface area contributed by atoms with Crippen molar-refractivity contribution < 1.29 is 4.42 Å². The maximum Gasteiger partial charge on any atom is 0.136 e. The number of benzene rings is 9. The zero-order valence-corrected chi connectivity index (χ0v) is 29.2. The standard InChI is InChI=1S/C53H30O/c1-2-12-34-33(11-1)40-16-9-17-41-35(26-27-43(34)51(40)41)42-18-10-22-50-52(42)44-29-31(24-28-49(44)54-50)32-23-25-39-38-15-5-8-21-47(38)53(48(39)30-32)45-19-6-3-13-36(45)37-14-4-7-20-46(37)53/h1-30H. The van der Waals surface area contributed by atoms with Crippen LogP contribution in [0.3, 0.4) is 0 Å². The SMILES string of the molecule is c1ccc2c(c1)-c1cccc3c(-c4cccc5oc6ccc(-c7ccc8c(c7)C7(c9ccccc9-c9ccccc97)c7ccccc7-8)cc6c45)ccc-2c13. The first-order chi connectivity index (χ1) is 26.8. The molecule has 248 valence electrons. The summed E-state index contributed by atoms with van der Waals surface area (Å²) in [5.41, 5.74) is 22.3. The van der Waals surface area contributed by atoms with Crippen molar-refractivity contribution in [1.29, 1.82) is 0 Å². The molecule has 0 bridgehead atoms. The lowest BCUT2D eigenvalue weighted by molar-refractivity contribution is 0.669. The quantitative estimate of drug-likeness (QED) is 0.177. The monoisotopic (exact) mass is 682 g/mol. The Morgan fingerprint density at radius 3 is 1.44 bits per heavy atom. The van der Waals surface area contributed by atoms with E-state index in [0.29, 0.717) is 0 Å². The molecule has 0 atom stereocenters. The molecule has 13 rings (SSSR count). The van der Waals surface area contributed by atoms with E-state index in [9.17, 15) is 0 Å². The molecule has 0 aliphatic heterocycles. The summed E-state index contributed by atoms with van der Waals surface area (Å²) >= 11 is 0. The van der Waals surface area contributed by atoms with Gasteiger partial charge in [-0.25, -0.2) is 0 Å². The van der Waals surface area contributed by atoms with Crippen molar-refractivity contribution in [1.82, 2.24) is 0 Å². The Morgan fingerprint density at radius 1 is 0.278 bits per heavy atom. The van der Waals surface area contributed by atoms with Crippen LogP contribution in [-0.2, 0) is 5.41 Å². The van der Waals surface area contributed by atoms with Crippen molar-refractivity contribution in [3.05, 3.63) is 204 Å². The number of fused-ring (bicyclic) bond motifs is 16. The lowest BCUT2D eigenvalue weighted by Crippen LogP contribution is -2.25. The van der Waals surface area contributed by atoms with E-state index in [2.05, 4.69) is 182 Å². The molecule has 54 heavy (non-hydrogen) atoms. The van der Waals surface area contributed by atoms with Crippen LogP contribution in [0.1, 0.15) is 22.3 Å². The van der Waals surface area contributed by atoms with Gasteiger partial charge in [0.2, 0.25) is 0 Å². The molecule has 1 aromatic heterocycles. The number of rotatable bonds is 2. The topological polar surface area (TPSA) is 13.1 Å². The molecule has 1 nitrogen and oxygen atoms in total. The first-order valence-electron chi connectivity index (χ1n) is 18.8. The van der Waals surface area contributed by atoms with Crippen LogP contribution in [0.25, 0.3) is 99.5 Å². The second-order valence-corrected chi connectivity index (χ2v) is 15.1. The average molecular weight is 683 g/mol. The minimum atomic E-state index is -0.371. The van der Waals surface area contributed by atoms with Crippen molar-refractivity contribution in [3.8, 4) is 66.8 Å². The molecule has 9 aromatic carbocycles. The Labute approximate surface area is 312 Å². The van der Waals surface area contributed by atoms with E-state index in [1.165, 1.54) is 99.8 Å². The fourth-order valence-corrected chi connectivity index (χ4v) is 10.5. The van der Waals surface area contributed by atoms with Crippen LogP contribution in [0.4, 0.5) is 0 Å². The van der Waals surface area contributed by atoms with Gasteiger partial charge in [0.15, 0.2) is 0 Å². The molecule has 0 fully saturated rings. The van der Waals surface area contributed by atoms with E-state index in [4.69, 9.17) is 4.42 Å². The molecule has 0 amide bonds. The largest absolute Gasteiger partial charge is 0.456 e. The van der Waals surface area contributed by atoms with Gasteiger partial charge < -0.3 is 4.42 Å². The molecule has 10 aromatic rings. The fourth-order valence-electron chi connectivity index (χ4n) is 10.5. The summed E-state index contributed by atoms with van der Waals surface area (Å²) < 4.78 is 6.60. The van der Waals surface area contributed by atoms with Gasteiger partial charge in [-0.05, 0) is 124 Å². The van der Waals surface area contributed by atoms with Crippen molar-refractivity contribution in [2.45, 2.75) is 5.41 Å². The highest BCUT2D eigenvalue weighted by atomic mass is 16.3. The van der Waals surface area contributed by atoms with Gasteiger partial charge in [-0.3, -0.25) is 0 Å². The van der Waals surface area contributed by atoms with Crippen LogP contribution in [0.2, 0.25) is 0 Å². The highest BCUT2D eigenvalue weighted by Gasteiger charge is 2.51. The molecule has 0 saturated heterocycles. The highest BCUT2D eigenvalue weighted by molar-refractivity contribution is 6.22. The summed E-state index contributed by atoms with van der Waals surface area (Å²) in [7, 11) is 0. The molecular weight excluding hydrogens is 653 g/mol. The van der Waals surface area contributed by atoms with Crippen LogP contribution in [0, 0.1) is 0 Å². The van der Waals surface area contributed by atoms with Crippen LogP contribution < -0.4 is 0 Å². The molecule has 1 spiro atoms. The Balaban J connectivity index is 1.03. The molecule has 0 unspecified atom stereocenters. The smallest absolute Gasteiger partial charge is 0.136 e. The van der Waals surface area contributed by atoms with Crippen LogP contribution in [0.15, 0.2) is 186 Å². The van der Waals surface area contributed by atoms with E-state index in [0.717, 1.165) is 21.9 Å². The van der Waals surface area contributed by atoms with Crippen molar-refractivity contribution in [3.63, 3.8) is 0 Å². The first-order valence-corrected chi connectivity index (χ1v) is 18.8. The molecule has 0 radical (unpaired) electrons. The maximum absolute atomic E-state index is 6.60. The predicted molar refractivity (Wildman–Crippen MR) is 223 cm³/mol. The molecule has 0 N–H and O–H groups in total. The van der Waals surface area contributed by atoms with Gasteiger partial charge in [0.25, 0.3) is 0 Å². The third-order valence-corrected chi connectivity index (χ3v) is 12.7. The van der Waals surface area contributed by atoms with Crippen LogP contribution >= 0.6 is 0 Å². The lowest BCUT2D eigenvalue weighted by Gasteiger charge is -2.30. The van der Waals surface area contributed by atoms with Crippen molar-refractivity contribution in [2.75, 3.05) is 0 Å². The zero-order chi connectivity index (χ0) is 35.1. The minimum Gasteiger partial charge on any atom is -0.456 e. The molecule has 1 heteroatoms. The first kappa shape index (κ1) is 28.6. The highest BCUT2D eigenvalue weighted by Crippen LogP contribution is 2.63. The van der Waals surface area contributed by atoms with Gasteiger partial charge >= 0.3 is 0 Å². The third-order valence-electron chi connectivity index (χ3n) is 12.7.